The van der Waals surface area contributed by atoms with Crippen molar-refractivity contribution in [2.24, 2.45) is 18.9 Å². The van der Waals surface area contributed by atoms with E-state index in [0.29, 0.717) is 25.6 Å². The number of rotatable bonds is 7. The van der Waals surface area contributed by atoms with Crippen molar-refractivity contribution < 1.29 is 9.59 Å². The Kier molecular flexibility index (Phi) is 7.48. The largest absolute Gasteiger partial charge is 0.342 e. The minimum atomic E-state index is -0.0319. The molecule has 2 heterocycles. The summed E-state index contributed by atoms with van der Waals surface area (Å²) in [4.78, 5) is 32.7. The van der Waals surface area contributed by atoms with Gasteiger partial charge in [-0.3, -0.25) is 4.79 Å². The van der Waals surface area contributed by atoms with E-state index in [1.54, 1.807) is 6.20 Å². The van der Waals surface area contributed by atoms with Crippen LogP contribution in [0.4, 0.5) is 4.79 Å². The van der Waals surface area contributed by atoms with Gasteiger partial charge in [-0.2, -0.15) is 0 Å². The van der Waals surface area contributed by atoms with Crippen LogP contribution in [0.1, 0.15) is 45.9 Å². The maximum Gasteiger partial charge on any atom is 0.317 e. The van der Waals surface area contributed by atoms with E-state index >= 15 is 0 Å². The third-order valence-corrected chi connectivity index (χ3v) is 5.00. The highest BCUT2D eigenvalue weighted by molar-refractivity contribution is 5.78. The molecule has 1 aromatic rings. The SMILES string of the molecule is CCCN(Cc1nccn1C)C(=O)NCC1CCN(C(=O)C(C)C)CC1. The number of hydrogen-bond donors (Lipinski definition) is 1. The predicted molar refractivity (Wildman–Crippen MR) is 101 cm³/mol. The van der Waals surface area contributed by atoms with Crippen LogP contribution in [0.5, 0.6) is 0 Å². The van der Waals surface area contributed by atoms with Crippen molar-refractivity contribution in [1.82, 2.24) is 24.7 Å². The van der Waals surface area contributed by atoms with E-state index in [9.17, 15) is 9.59 Å². The molecule has 7 heteroatoms. The Morgan fingerprint density at radius 1 is 1.35 bits per heavy atom. The Labute approximate surface area is 156 Å². The molecule has 0 aliphatic carbocycles. The van der Waals surface area contributed by atoms with Gasteiger partial charge >= 0.3 is 6.03 Å². The standard InChI is InChI=1S/C19H33N5O2/c1-5-9-24(14-17-20-8-12-22(17)4)19(26)21-13-16-6-10-23(11-7-16)18(25)15(2)3/h8,12,15-16H,5-7,9-11,13-14H2,1-4H3,(H,21,26). The third-order valence-electron chi connectivity index (χ3n) is 5.00. The summed E-state index contributed by atoms with van der Waals surface area (Å²) in [6.45, 7) is 9.44. The number of hydrogen-bond acceptors (Lipinski definition) is 3. The smallest absolute Gasteiger partial charge is 0.317 e. The van der Waals surface area contributed by atoms with Crippen LogP contribution in [-0.2, 0) is 18.4 Å². The maximum atomic E-state index is 12.6. The van der Waals surface area contributed by atoms with Crippen molar-refractivity contribution in [2.75, 3.05) is 26.2 Å². The summed E-state index contributed by atoms with van der Waals surface area (Å²) in [6, 6.07) is -0.0319. The average Bonchev–Trinajstić information content (AvgIpc) is 3.03. The molecule has 0 saturated carbocycles. The Hall–Kier alpha value is -2.05. The van der Waals surface area contributed by atoms with Crippen LogP contribution in [0, 0.1) is 11.8 Å². The van der Waals surface area contributed by atoms with Gasteiger partial charge in [0.15, 0.2) is 0 Å². The van der Waals surface area contributed by atoms with Crippen LogP contribution in [-0.4, -0.2) is 57.5 Å². The maximum absolute atomic E-state index is 12.6. The zero-order chi connectivity index (χ0) is 19.1. The molecular formula is C19H33N5O2. The van der Waals surface area contributed by atoms with Crippen LogP contribution < -0.4 is 5.32 Å². The quantitative estimate of drug-likeness (QED) is 0.808. The molecule has 3 amide bonds. The van der Waals surface area contributed by atoms with Crippen LogP contribution in [0.3, 0.4) is 0 Å². The summed E-state index contributed by atoms with van der Waals surface area (Å²) < 4.78 is 1.94. The topological polar surface area (TPSA) is 70.5 Å². The van der Waals surface area contributed by atoms with Gasteiger partial charge in [-0.15, -0.1) is 0 Å². The van der Waals surface area contributed by atoms with Crippen LogP contribution in [0.2, 0.25) is 0 Å². The van der Waals surface area contributed by atoms with Gasteiger partial charge in [-0.1, -0.05) is 20.8 Å². The lowest BCUT2D eigenvalue weighted by atomic mass is 9.96. The van der Waals surface area contributed by atoms with Gasteiger partial charge in [0.1, 0.15) is 5.82 Å². The summed E-state index contributed by atoms with van der Waals surface area (Å²) in [6.07, 6.45) is 6.46. The third kappa shape index (κ3) is 5.47. The second-order valence-corrected chi connectivity index (χ2v) is 7.49. The van der Waals surface area contributed by atoms with E-state index in [-0.39, 0.29) is 17.9 Å². The number of carbonyl (C=O) groups is 2. The molecule has 7 nitrogen and oxygen atoms in total. The molecule has 0 atom stereocenters. The Bertz CT molecular complexity index is 591. The number of piperidine rings is 1. The second-order valence-electron chi connectivity index (χ2n) is 7.49. The van der Waals surface area contributed by atoms with Crippen molar-refractivity contribution in [3.8, 4) is 0 Å². The molecule has 2 rings (SSSR count). The number of aromatic nitrogens is 2. The zero-order valence-corrected chi connectivity index (χ0v) is 16.6. The van der Waals surface area contributed by atoms with Crippen molar-refractivity contribution in [1.29, 1.82) is 0 Å². The summed E-state index contributed by atoms with van der Waals surface area (Å²) in [7, 11) is 1.94. The van der Waals surface area contributed by atoms with Crippen molar-refractivity contribution in [3.05, 3.63) is 18.2 Å². The van der Waals surface area contributed by atoms with E-state index in [1.165, 1.54) is 0 Å². The first-order chi connectivity index (χ1) is 12.4. The fraction of sp³-hybridized carbons (Fsp3) is 0.737. The monoisotopic (exact) mass is 363 g/mol. The molecule has 0 aromatic carbocycles. The Morgan fingerprint density at radius 3 is 2.58 bits per heavy atom. The van der Waals surface area contributed by atoms with Gasteiger partial charge in [0.2, 0.25) is 5.91 Å². The minimum Gasteiger partial charge on any atom is -0.342 e. The molecule has 1 aliphatic rings. The van der Waals surface area contributed by atoms with Gasteiger partial charge in [-0.05, 0) is 25.2 Å². The molecule has 1 saturated heterocycles. The second kappa shape index (κ2) is 9.59. The highest BCUT2D eigenvalue weighted by atomic mass is 16.2. The molecule has 0 radical (unpaired) electrons. The fourth-order valence-electron chi connectivity index (χ4n) is 3.31. The van der Waals surface area contributed by atoms with Crippen molar-refractivity contribution in [3.63, 3.8) is 0 Å². The molecule has 0 bridgehead atoms. The van der Waals surface area contributed by atoms with Crippen molar-refractivity contribution in [2.45, 2.75) is 46.6 Å². The molecule has 0 unspecified atom stereocenters. The van der Waals surface area contributed by atoms with E-state index in [2.05, 4.69) is 17.2 Å². The molecular weight excluding hydrogens is 330 g/mol. The van der Waals surface area contributed by atoms with E-state index < -0.39 is 0 Å². The normalized spacial score (nSPS) is 15.3. The summed E-state index contributed by atoms with van der Waals surface area (Å²) in [5, 5.41) is 3.08. The first-order valence-electron chi connectivity index (χ1n) is 9.70. The van der Waals surface area contributed by atoms with Gasteiger partial charge < -0.3 is 19.7 Å². The number of nitrogens with zero attached hydrogens (tertiary/aromatic N) is 4. The molecule has 1 fully saturated rings. The molecule has 26 heavy (non-hydrogen) atoms. The molecule has 146 valence electrons. The van der Waals surface area contributed by atoms with Crippen LogP contribution >= 0.6 is 0 Å². The highest BCUT2D eigenvalue weighted by Crippen LogP contribution is 2.18. The predicted octanol–water partition coefficient (Wildman–Crippen LogP) is 2.24. The summed E-state index contributed by atoms with van der Waals surface area (Å²) in [5.74, 6) is 1.61. The summed E-state index contributed by atoms with van der Waals surface area (Å²) in [5.41, 5.74) is 0. The highest BCUT2D eigenvalue weighted by Gasteiger charge is 2.25. The fourth-order valence-corrected chi connectivity index (χ4v) is 3.31. The number of imidazole rings is 1. The van der Waals surface area contributed by atoms with E-state index in [1.807, 2.05) is 41.5 Å². The number of urea groups is 1. The van der Waals surface area contributed by atoms with Gasteiger partial charge in [0, 0.05) is 51.5 Å². The lowest BCUT2D eigenvalue weighted by Crippen LogP contribution is -2.45. The van der Waals surface area contributed by atoms with Gasteiger partial charge in [0.05, 0.1) is 6.54 Å². The lowest BCUT2D eigenvalue weighted by molar-refractivity contribution is -0.135. The summed E-state index contributed by atoms with van der Waals surface area (Å²) >= 11 is 0. The number of amides is 3. The number of carbonyl (C=O) groups excluding carboxylic acids is 2. The van der Waals surface area contributed by atoms with Gasteiger partial charge in [0.25, 0.3) is 0 Å². The molecule has 1 N–H and O–H groups in total. The van der Waals surface area contributed by atoms with E-state index in [0.717, 1.165) is 38.2 Å². The van der Waals surface area contributed by atoms with Crippen LogP contribution in [0.25, 0.3) is 0 Å². The number of likely N-dealkylation sites (tertiary alicyclic amines) is 1. The Balaban J connectivity index is 1.79. The lowest BCUT2D eigenvalue weighted by Gasteiger charge is -2.33. The van der Waals surface area contributed by atoms with Crippen LogP contribution in [0.15, 0.2) is 12.4 Å². The zero-order valence-electron chi connectivity index (χ0n) is 16.6. The molecule has 1 aromatic heterocycles. The molecule has 1 aliphatic heterocycles. The Morgan fingerprint density at radius 2 is 2.04 bits per heavy atom. The first-order valence-corrected chi connectivity index (χ1v) is 9.70. The number of aryl methyl sites for hydroxylation is 1. The molecule has 0 spiro atoms. The average molecular weight is 364 g/mol. The van der Waals surface area contributed by atoms with Crippen molar-refractivity contribution >= 4 is 11.9 Å². The first kappa shape index (κ1) is 20.3. The minimum absolute atomic E-state index is 0.0319. The van der Waals surface area contributed by atoms with Gasteiger partial charge in [-0.25, -0.2) is 9.78 Å². The van der Waals surface area contributed by atoms with E-state index in [4.69, 9.17) is 0 Å². The number of nitrogens with one attached hydrogen (secondary N) is 1.